The largest absolute Gasteiger partial charge is 0.344 e. The van der Waals surface area contributed by atoms with Gasteiger partial charge in [-0.2, -0.15) is 8.78 Å². The van der Waals surface area contributed by atoms with Crippen LogP contribution >= 0.6 is 15.9 Å². The third-order valence-corrected chi connectivity index (χ3v) is 2.57. The first-order valence-corrected chi connectivity index (χ1v) is 5.25. The lowest BCUT2D eigenvalue weighted by atomic mass is 10.0. The Labute approximate surface area is 97.9 Å². The Kier molecular flexibility index (Phi) is 3.65. The molecule has 0 saturated carbocycles. The molecule has 0 heterocycles. The van der Waals surface area contributed by atoms with Gasteiger partial charge in [0.05, 0.1) is 11.1 Å². The molecule has 90 valence electrons. The zero-order valence-electron chi connectivity index (χ0n) is 7.86. The lowest BCUT2D eigenvalue weighted by Crippen LogP contribution is -2.27. The highest BCUT2D eigenvalue weighted by Gasteiger charge is 2.37. The van der Waals surface area contributed by atoms with Crippen molar-refractivity contribution in [1.82, 2.24) is 0 Å². The summed E-state index contributed by atoms with van der Waals surface area (Å²) in [7, 11) is 0. The molecule has 7 heteroatoms. The molecule has 1 rings (SSSR count). The van der Waals surface area contributed by atoms with Crippen LogP contribution in [0, 0.1) is 0 Å². The van der Waals surface area contributed by atoms with E-state index in [2.05, 4.69) is 15.9 Å². The van der Waals surface area contributed by atoms with Crippen LogP contribution in [0.1, 0.15) is 16.7 Å². The lowest BCUT2D eigenvalue weighted by molar-refractivity contribution is -0.290. The van der Waals surface area contributed by atoms with Gasteiger partial charge in [0.1, 0.15) is 0 Å². The second kappa shape index (κ2) is 4.34. The Hall–Kier alpha value is -0.600. The number of aliphatic hydroxyl groups is 4. The molecule has 0 spiro atoms. The van der Waals surface area contributed by atoms with Crippen LogP contribution in [0.3, 0.4) is 0 Å². The summed E-state index contributed by atoms with van der Waals surface area (Å²) in [6.07, 6.45) is 0. The normalized spacial score (nSPS) is 12.9. The molecule has 4 N–H and O–H groups in total. The Morgan fingerprint density at radius 3 is 1.88 bits per heavy atom. The fourth-order valence-corrected chi connectivity index (χ4v) is 1.56. The molecule has 0 aliphatic rings. The number of hydrogen-bond acceptors (Lipinski definition) is 4. The minimum Gasteiger partial charge on any atom is -0.336 e. The van der Waals surface area contributed by atoms with Crippen LogP contribution < -0.4 is 0 Å². The summed E-state index contributed by atoms with van der Waals surface area (Å²) in [4.78, 5) is 0. The van der Waals surface area contributed by atoms with Crippen molar-refractivity contribution >= 4 is 15.9 Å². The van der Waals surface area contributed by atoms with Crippen LogP contribution in [0.15, 0.2) is 18.2 Å². The molecule has 16 heavy (non-hydrogen) atoms. The van der Waals surface area contributed by atoms with E-state index < -0.39 is 23.2 Å². The van der Waals surface area contributed by atoms with E-state index in [-0.39, 0.29) is 5.33 Å². The summed E-state index contributed by atoms with van der Waals surface area (Å²) in [5, 5.41) is 35.1. The minimum absolute atomic E-state index is 0.256. The van der Waals surface area contributed by atoms with Crippen molar-refractivity contribution in [2.24, 2.45) is 0 Å². The Bertz CT molecular complexity index is 384. The molecular weight excluding hydrogens is 290 g/mol. The van der Waals surface area contributed by atoms with Crippen molar-refractivity contribution in [1.29, 1.82) is 0 Å². The maximum atomic E-state index is 12.9. The van der Waals surface area contributed by atoms with Gasteiger partial charge in [-0.1, -0.05) is 22.0 Å². The van der Waals surface area contributed by atoms with Gasteiger partial charge in [-0.05, 0) is 17.7 Å². The SMILES string of the molecule is OC(O)(F)c1ccc(CBr)cc1C(O)(O)F. The number of rotatable bonds is 3. The van der Waals surface area contributed by atoms with Crippen LogP contribution in [-0.4, -0.2) is 20.4 Å². The van der Waals surface area contributed by atoms with Crippen LogP contribution in [0.2, 0.25) is 0 Å². The summed E-state index contributed by atoms with van der Waals surface area (Å²) in [6, 6.07) is -4.66. The van der Waals surface area contributed by atoms with E-state index in [0.29, 0.717) is 5.56 Å². The first-order chi connectivity index (χ1) is 7.16. The van der Waals surface area contributed by atoms with Gasteiger partial charge in [-0.25, -0.2) is 0 Å². The highest BCUT2D eigenvalue weighted by molar-refractivity contribution is 9.08. The predicted molar refractivity (Wildman–Crippen MR) is 53.5 cm³/mol. The Balaban J connectivity index is 3.40. The van der Waals surface area contributed by atoms with E-state index >= 15 is 0 Å². The van der Waals surface area contributed by atoms with Crippen molar-refractivity contribution in [3.8, 4) is 0 Å². The van der Waals surface area contributed by atoms with E-state index in [9.17, 15) is 8.78 Å². The van der Waals surface area contributed by atoms with Crippen molar-refractivity contribution in [3.05, 3.63) is 34.9 Å². The van der Waals surface area contributed by atoms with E-state index in [1.807, 2.05) is 0 Å². The maximum absolute atomic E-state index is 12.9. The molecule has 1 aromatic rings. The molecule has 0 amide bonds. The van der Waals surface area contributed by atoms with Crippen LogP contribution in [-0.2, 0) is 17.4 Å². The smallest absolute Gasteiger partial charge is 0.336 e. The predicted octanol–water partition coefficient (Wildman–Crippen LogP) is 0.710. The van der Waals surface area contributed by atoms with Crippen molar-refractivity contribution < 1.29 is 29.2 Å². The average Bonchev–Trinajstić information content (AvgIpc) is 2.14. The van der Waals surface area contributed by atoms with Gasteiger partial charge < -0.3 is 20.4 Å². The zero-order chi connectivity index (χ0) is 12.6. The molecule has 0 saturated heterocycles. The summed E-state index contributed by atoms with van der Waals surface area (Å²) < 4.78 is 25.8. The average molecular weight is 299 g/mol. The van der Waals surface area contributed by atoms with Crippen molar-refractivity contribution in [2.45, 2.75) is 17.4 Å². The summed E-state index contributed by atoms with van der Waals surface area (Å²) >= 11 is 3.03. The topological polar surface area (TPSA) is 80.9 Å². The molecule has 0 unspecified atom stereocenters. The van der Waals surface area contributed by atoms with Gasteiger partial charge in [0, 0.05) is 5.33 Å². The van der Waals surface area contributed by atoms with Gasteiger partial charge in [0.25, 0.3) is 0 Å². The third-order valence-electron chi connectivity index (χ3n) is 1.92. The van der Waals surface area contributed by atoms with Crippen LogP contribution in [0.4, 0.5) is 8.78 Å². The molecule has 0 atom stereocenters. The molecule has 0 aromatic heterocycles. The van der Waals surface area contributed by atoms with Gasteiger partial charge in [0.2, 0.25) is 0 Å². The van der Waals surface area contributed by atoms with Crippen LogP contribution in [0.5, 0.6) is 0 Å². The Morgan fingerprint density at radius 2 is 1.50 bits per heavy atom. The molecule has 0 aliphatic heterocycles. The monoisotopic (exact) mass is 298 g/mol. The first-order valence-electron chi connectivity index (χ1n) is 4.13. The van der Waals surface area contributed by atoms with Gasteiger partial charge in [-0.15, -0.1) is 0 Å². The zero-order valence-corrected chi connectivity index (χ0v) is 9.45. The highest BCUT2D eigenvalue weighted by atomic mass is 79.9. The number of halogens is 3. The summed E-state index contributed by atoms with van der Waals surface area (Å²) in [5.41, 5.74) is -1.52. The third kappa shape index (κ3) is 2.96. The molecule has 0 radical (unpaired) electrons. The summed E-state index contributed by atoms with van der Waals surface area (Å²) in [5.74, 6) is 0. The Morgan fingerprint density at radius 1 is 1.00 bits per heavy atom. The van der Waals surface area contributed by atoms with E-state index in [1.54, 1.807) is 0 Å². The number of benzene rings is 1. The standard InChI is InChI=1S/C9H9BrF2O4/c10-4-5-1-2-6(8(11,13)14)7(3-5)9(12,15)16/h1-3,13-16H,4H2. The molecule has 0 fully saturated rings. The molecule has 0 aliphatic carbocycles. The summed E-state index contributed by atoms with van der Waals surface area (Å²) in [6.45, 7) is 0. The fraction of sp³-hybridized carbons (Fsp3) is 0.333. The maximum Gasteiger partial charge on any atom is 0.344 e. The fourth-order valence-electron chi connectivity index (χ4n) is 1.22. The second-order valence-corrected chi connectivity index (χ2v) is 3.75. The number of hydrogen-bond donors (Lipinski definition) is 4. The molecule has 1 aromatic carbocycles. The first kappa shape index (κ1) is 13.5. The quantitative estimate of drug-likeness (QED) is 0.489. The van der Waals surface area contributed by atoms with Gasteiger partial charge >= 0.3 is 12.1 Å². The van der Waals surface area contributed by atoms with E-state index in [0.717, 1.165) is 12.1 Å². The lowest BCUT2D eigenvalue weighted by Gasteiger charge is -2.21. The molecule has 0 bridgehead atoms. The molecule has 4 nitrogen and oxygen atoms in total. The van der Waals surface area contributed by atoms with E-state index in [4.69, 9.17) is 20.4 Å². The van der Waals surface area contributed by atoms with Gasteiger partial charge in [0.15, 0.2) is 0 Å². The van der Waals surface area contributed by atoms with Crippen molar-refractivity contribution in [3.63, 3.8) is 0 Å². The van der Waals surface area contributed by atoms with Gasteiger partial charge in [-0.3, -0.25) is 0 Å². The van der Waals surface area contributed by atoms with Crippen LogP contribution in [0.25, 0.3) is 0 Å². The van der Waals surface area contributed by atoms with E-state index in [1.165, 1.54) is 6.07 Å². The highest BCUT2D eigenvalue weighted by Crippen LogP contribution is 2.32. The molecular formula is C9H9BrF2O4. The second-order valence-electron chi connectivity index (χ2n) is 3.19. The number of alkyl halides is 3. The minimum atomic E-state index is -3.85. The van der Waals surface area contributed by atoms with Crippen molar-refractivity contribution in [2.75, 3.05) is 0 Å².